The van der Waals surface area contributed by atoms with Crippen molar-refractivity contribution in [1.82, 2.24) is 10.6 Å². The van der Waals surface area contributed by atoms with Gasteiger partial charge in [0, 0.05) is 17.1 Å². The van der Waals surface area contributed by atoms with Crippen molar-refractivity contribution in [3.8, 4) is 0 Å². The molecule has 0 aliphatic rings. The van der Waals surface area contributed by atoms with Gasteiger partial charge in [0.1, 0.15) is 6.04 Å². The smallest absolute Gasteiger partial charge is 0.251 e. The molecule has 0 fully saturated rings. The molecule has 25 heavy (non-hydrogen) atoms. The number of carbonyl (C=O) groups is 2. The number of amides is 2. The van der Waals surface area contributed by atoms with Crippen LogP contribution in [-0.2, 0) is 11.3 Å². The van der Waals surface area contributed by atoms with Gasteiger partial charge in [0.15, 0.2) is 0 Å². The molecule has 0 unspecified atom stereocenters. The second-order valence-corrected chi connectivity index (χ2v) is 6.94. The first-order valence-corrected chi connectivity index (χ1v) is 9.74. The summed E-state index contributed by atoms with van der Waals surface area (Å²) in [7, 11) is 0. The maximum absolute atomic E-state index is 12.5. The Morgan fingerprint density at radius 2 is 1.88 bits per heavy atom. The SMILES string of the molecule is CSCC[C@@H](NC(=O)c1ccccc1)C(=O)NCc1cccc(Cl)c1. The molecule has 2 rings (SSSR count). The molecule has 0 saturated carbocycles. The first-order valence-electron chi connectivity index (χ1n) is 7.97. The van der Waals surface area contributed by atoms with Crippen LogP contribution in [0.1, 0.15) is 22.3 Å². The Kier molecular flexibility index (Phi) is 7.82. The van der Waals surface area contributed by atoms with Crippen molar-refractivity contribution < 1.29 is 9.59 Å². The first kappa shape index (κ1) is 19.3. The fourth-order valence-corrected chi connectivity index (χ4v) is 2.98. The van der Waals surface area contributed by atoms with Gasteiger partial charge in [-0.1, -0.05) is 41.9 Å². The fourth-order valence-electron chi connectivity index (χ4n) is 2.29. The van der Waals surface area contributed by atoms with E-state index in [2.05, 4.69) is 10.6 Å². The summed E-state index contributed by atoms with van der Waals surface area (Å²) < 4.78 is 0. The van der Waals surface area contributed by atoms with Crippen LogP contribution in [0.15, 0.2) is 54.6 Å². The monoisotopic (exact) mass is 376 g/mol. The molecule has 0 radical (unpaired) electrons. The van der Waals surface area contributed by atoms with E-state index < -0.39 is 6.04 Å². The van der Waals surface area contributed by atoms with E-state index in [1.165, 1.54) is 0 Å². The lowest BCUT2D eigenvalue weighted by Gasteiger charge is -2.18. The Balaban J connectivity index is 1.97. The average molecular weight is 377 g/mol. The Morgan fingerprint density at radius 1 is 1.12 bits per heavy atom. The van der Waals surface area contributed by atoms with Crippen LogP contribution < -0.4 is 10.6 Å². The quantitative estimate of drug-likeness (QED) is 0.741. The van der Waals surface area contributed by atoms with Gasteiger partial charge in [0.25, 0.3) is 5.91 Å². The summed E-state index contributed by atoms with van der Waals surface area (Å²) in [5.74, 6) is 0.340. The highest BCUT2D eigenvalue weighted by Crippen LogP contribution is 2.10. The van der Waals surface area contributed by atoms with Gasteiger partial charge in [-0.3, -0.25) is 9.59 Å². The zero-order valence-electron chi connectivity index (χ0n) is 14.0. The summed E-state index contributed by atoms with van der Waals surface area (Å²) in [5, 5.41) is 6.32. The third-order valence-corrected chi connectivity index (χ3v) is 4.50. The number of nitrogens with one attached hydrogen (secondary N) is 2. The van der Waals surface area contributed by atoms with Gasteiger partial charge in [-0.15, -0.1) is 0 Å². The molecule has 0 spiro atoms. The van der Waals surface area contributed by atoms with Crippen LogP contribution in [0.4, 0.5) is 0 Å². The summed E-state index contributed by atoms with van der Waals surface area (Å²) in [6.07, 6.45) is 2.54. The molecule has 4 nitrogen and oxygen atoms in total. The van der Waals surface area contributed by atoms with Gasteiger partial charge in [-0.2, -0.15) is 11.8 Å². The molecule has 2 N–H and O–H groups in total. The third-order valence-electron chi connectivity index (χ3n) is 3.62. The van der Waals surface area contributed by atoms with E-state index in [9.17, 15) is 9.59 Å². The maximum Gasteiger partial charge on any atom is 0.251 e. The number of carbonyl (C=O) groups excluding carboxylic acids is 2. The molecular formula is C19H21ClN2O2S. The Labute approximate surface area is 157 Å². The van der Waals surface area contributed by atoms with Crippen LogP contribution in [0.25, 0.3) is 0 Å². The minimum atomic E-state index is -0.570. The van der Waals surface area contributed by atoms with Crippen LogP contribution in [0, 0.1) is 0 Å². The highest BCUT2D eigenvalue weighted by Gasteiger charge is 2.20. The van der Waals surface area contributed by atoms with Crippen molar-refractivity contribution in [1.29, 1.82) is 0 Å². The number of hydrogen-bond donors (Lipinski definition) is 2. The zero-order chi connectivity index (χ0) is 18.1. The van der Waals surface area contributed by atoms with Gasteiger partial charge in [0.2, 0.25) is 5.91 Å². The predicted molar refractivity (Wildman–Crippen MR) is 104 cm³/mol. The van der Waals surface area contributed by atoms with Gasteiger partial charge in [0.05, 0.1) is 0 Å². The lowest BCUT2D eigenvalue weighted by Crippen LogP contribution is -2.46. The number of benzene rings is 2. The van der Waals surface area contributed by atoms with Gasteiger partial charge in [-0.25, -0.2) is 0 Å². The highest BCUT2D eigenvalue weighted by atomic mass is 35.5. The molecule has 0 aliphatic heterocycles. The molecule has 0 aliphatic carbocycles. The topological polar surface area (TPSA) is 58.2 Å². The fraction of sp³-hybridized carbons (Fsp3) is 0.263. The van der Waals surface area contributed by atoms with Crippen LogP contribution >= 0.6 is 23.4 Å². The maximum atomic E-state index is 12.5. The van der Waals surface area contributed by atoms with Crippen molar-refractivity contribution in [3.05, 3.63) is 70.7 Å². The van der Waals surface area contributed by atoms with Gasteiger partial charge < -0.3 is 10.6 Å². The molecule has 1 atom stereocenters. The van der Waals surface area contributed by atoms with Crippen molar-refractivity contribution >= 4 is 35.2 Å². The summed E-state index contributed by atoms with van der Waals surface area (Å²) >= 11 is 7.59. The first-order chi connectivity index (χ1) is 12.1. The Morgan fingerprint density at radius 3 is 2.56 bits per heavy atom. The average Bonchev–Trinajstić information content (AvgIpc) is 2.63. The van der Waals surface area contributed by atoms with Crippen LogP contribution in [-0.4, -0.2) is 29.9 Å². The molecule has 0 aromatic heterocycles. The molecule has 6 heteroatoms. The Hall–Kier alpha value is -1.98. The molecule has 2 aromatic rings. The number of halogens is 1. The molecule has 132 valence electrons. The summed E-state index contributed by atoms with van der Waals surface area (Å²) in [6.45, 7) is 0.371. The second kappa shape index (κ2) is 10.1. The number of rotatable bonds is 8. The van der Waals surface area contributed by atoms with E-state index in [1.54, 1.807) is 48.2 Å². The predicted octanol–water partition coefficient (Wildman–Crippen LogP) is 3.51. The van der Waals surface area contributed by atoms with E-state index in [0.29, 0.717) is 23.6 Å². The van der Waals surface area contributed by atoms with Crippen molar-refractivity contribution in [2.75, 3.05) is 12.0 Å². The standard InChI is InChI=1S/C19H21ClN2O2S/c1-25-11-10-17(22-18(23)15-7-3-2-4-8-15)19(24)21-13-14-6-5-9-16(20)12-14/h2-9,12,17H,10-11,13H2,1H3,(H,21,24)(H,22,23)/t17-/m1/s1. The van der Waals surface area contributed by atoms with Gasteiger partial charge >= 0.3 is 0 Å². The second-order valence-electron chi connectivity index (χ2n) is 5.52. The third kappa shape index (κ3) is 6.44. The van der Waals surface area contributed by atoms with E-state index in [1.807, 2.05) is 24.5 Å². The highest BCUT2D eigenvalue weighted by molar-refractivity contribution is 7.98. The van der Waals surface area contributed by atoms with E-state index in [4.69, 9.17) is 11.6 Å². The molecule has 2 aromatic carbocycles. The normalized spacial score (nSPS) is 11.6. The van der Waals surface area contributed by atoms with E-state index >= 15 is 0 Å². The van der Waals surface area contributed by atoms with Gasteiger partial charge in [-0.05, 0) is 48.3 Å². The van der Waals surface area contributed by atoms with Crippen molar-refractivity contribution in [2.45, 2.75) is 19.0 Å². The van der Waals surface area contributed by atoms with E-state index in [0.717, 1.165) is 11.3 Å². The molecule has 0 saturated heterocycles. The lowest BCUT2D eigenvalue weighted by atomic mass is 10.1. The summed E-state index contributed by atoms with van der Waals surface area (Å²) in [4.78, 5) is 24.8. The minimum Gasteiger partial charge on any atom is -0.350 e. The molecule has 0 bridgehead atoms. The summed E-state index contributed by atoms with van der Waals surface area (Å²) in [5.41, 5.74) is 1.46. The lowest BCUT2D eigenvalue weighted by molar-refractivity contribution is -0.123. The van der Waals surface area contributed by atoms with Crippen LogP contribution in [0.3, 0.4) is 0 Å². The minimum absolute atomic E-state index is 0.196. The molecule has 2 amide bonds. The summed E-state index contributed by atoms with van der Waals surface area (Å²) in [6, 6.07) is 15.7. The van der Waals surface area contributed by atoms with Crippen molar-refractivity contribution in [2.24, 2.45) is 0 Å². The zero-order valence-corrected chi connectivity index (χ0v) is 15.6. The number of thioether (sulfide) groups is 1. The van der Waals surface area contributed by atoms with E-state index in [-0.39, 0.29) is 11.8 Å². The van der Waals surface area contributed by atoms with Crippen LogP contribution in [0.5, 0.6) is 0 Å². The molecular weight excluding hydrogens is 356 g/mol. The van der Waals surface area contributed by atoms with Crippen molar-refractivity contribution in [3.63, 3.8) is 0 Å². The largest absolute Gasteiger partial charge is 0.350 e. The Bertz CT molecular complexity index is 710. The van der Waals surface area contributed by atoms with Crippen LogP contribution in [0.2, 0.25) is 5.02 Å². The molecule has 0 heterocycles. The number of hydrogen-bond acceptors (Lipinski definition) is 3.